The third kappa shape index (κ3) is 2.83. The first-order chi connectivity index (χ1) is 8.83. The van der Waals surface area contributed by atoms with E-state index in [1.165, 1.54) is 0 Å². The number of aromatic nitrogens is 1. The summed E-state index contributed by atoms with van der Waals surface area (Å²) in [5.74, 6) is 1.05. The molecule has 1 aromatic carbocycles. The van der Waals surface area contributed by atoms with Crippen molar-refractivity contribution in [2.45, 2.75) is 0 Å². The van der Waals surface area contributed by atoms with Gasteiger partial charge in [0.2, 0.25) is 0 Å². The Hall–Kier alpha value is -2.40. The molecule has 1 heterocycles. The van der Waals surface area contributed by atoms with Crippen LogP contribution in [0.25, 0.3) is 0 Å². The van der Waals surface area contributed by atoms with E-state index in [1.54, 1.807) is 49.7 Å². The monoisotopic (exact) mass is 243 g/mol. The number of nitrogens with zero attached hydrogens (tertiary/aromatic N) is 2. The molecule has 18 heavy (non-hydrogen) atoms. The third-order valence-electron chi connectivity index (χ3n) is 2.33. The summed E-state index contributed by atoms with van der Waals surface area (Å²) in [6, 6.07) is 12.6. The summed E-state index contributed by atoms with van der Waals surface area (Å²) in [5.41, 5.74) is 3.31. The van der Waals surface area contributed by atoms with Crippen LogP contribution in [0.3, 0.4) is 0 Å². The van der Waals surface area contributed by atoms with Crippen molar-refractivity contribution in [1.82, 2.24) is 10.5 Å². The molecule has 0 saturated carbocycles. The maximum atomic E-state index is 9.10. The van der Waals surface area contributed by atoms with E-state index in [-0.39, 0.29) is 0 Å². The number of amidine groups is 1. The second-order valence-electron chi connectivity index (χ2n) is 3.49. The van der Waals surface area contributed by atoms with E-state index >= 15 is 0 Å². The molecule has 0 radical (unpaired) electrons. The fourth-order valence-corrected chi connectivity index (χ4v) is 1.43. The van der Waals surface area contributed by atoms with Crippen molar-refractivity contribution in [2.24, 2.45) is 4.99 Å². The van der Waals surface area contributed by atoms with Crippen molar-refractivity contribution in [2.75, 3.05) is 7.11 Å². The molecular formula is C13H13N3O2. The number of pyridine rings is 1. The zero-order valence-corrected chi connectivity index (χ0v) is 9.87. The van der Waals surface area contributed by atoms with Crippen LogP contribution in [0.15, 0.2) is 53.7 Å². The number of ether oxygens (including phenoxy) is 1. The lowest BCUT2D eigenvalue weighted by Crippen LogP contribution is -2.21. The van der Waals surface area contributed by atoms with Gasteiger partial charge in [-0.3, -0.25) is 15.7 Å². The Bertz CT molecular complexity index is 524. The predicted molar refractivity (Wildman–Crippen MR) is 68.4 cm³/mol. The van der Waals surface area contributed by atoms with E-state index in [0.717, 1.165) is 5.75 Å². The maximum Gasteiger partial charge on any atom is 0.176 e. The van der Waals surface area contributed by atoms with E-state index in [9.17, 15) is 0 Å². The summed E-state index contributed by atoms with van der Waals surface area (Å²) in [6.45, 7) is 0. The molecule has 2 N–H and O–H groups in total. The van der Waals surface area contributed by atoms with Crippen LogP contribution in [-0.2, 0) is 0 Å². The first-order valence-corrected chi connectivity index (χ1v) is 5.38. The summed E-state index contributed by atoms with van der Waals surface area (Å²) in [5, 5.41) is 9.10. The van der Waals surface area contributed by atoms with Crippen molar-refractivity contribution >= 4 is 11.5 Å². The predicted octanol–water partition coefficient (Wildman–Crippen LogP) is 2.15. The largest absolute Gasteiger partial charge is 0.497 e. The summed E-state index contributed by atoms with van der Waals surface area (Å²) in [7, 11) is 1.60. The minimum Gasteiger partial charge on any atom is -0.497 e. The number of nitrogens with one attached hydrogen (secondary N) is 1. The average Bonchev–Trinajstić information content (AvgIpc) is 2.46. The van der Waals surface area contributed by atoms with Crippen LogP contribution in [0, 0.1) is 0 Å². The van der Waals surface area contributed by atoms with Crippen molar-refractivity contribution in [1.29, 1.82) is 0 Å². The molecule has 92 valence electrons. The van der Waals surface area contributed by atoms with Gasteiger partial charge < -0.3 is 4.74 Å². The summed E-state index contributed by atoms with van der Waals surface area (Å²) in [4.78, 5) is 8.36. The summed E-state index contributed by atoms with van der Waals surface area (Å²) in [6.07, 6.45) is 1.64. The second kappa shape index (κ2) is 5.79. The lowest BCUT2D eigenvalue weighted by Gasteiger charge is -2.04. The molecule has 2 rings (SSSR count). The third-order valence-corrected chi connectivity index (χ3v) is 2.33. The molecule has 0 atom stereocenters. The fourth-order valence-electron chi connectivity index (χ4n) is 1.43. The molecule has 0 aliphatic carbocycles. The molecule has 0 aliphatic rings. The molecular weight excluding hydrogens is 230 g/mol. The zero-order valence-electron chi connectivity index (χ0n) is 9.87. The molecule has 0 saturated heterocycles. The van der Waals surface area contributed by atoms with Crippen LogP contribution >= 0.6 is 0 Å². The highest BCUT2D eigenvalue weighted by atomic mass is 16.5. The highest BCUT2D eigenvalue weighted by molar-refractivity contribution is 5.97. The zero-order chi connectivity index (χ0) is 12.8. The lowest BCUT2D eigenvalue weighted by molar-refractivity contribution is 0.235. The molecule has 0 bridgehead atoms. The molecule has 2 aromatic rings. The van der Waals surface area contributed by atoms with Crippen molar-refractivity contribution < 1.29 is 9.94 Å². The molecule has 5 heteroatoms. The van der Waals surface area contributed by atoms with Crippen LogP contribution in [0.2, 0.25) is 0 Å². The minimum absolute atomic E-state index is 0.292. The van der Waals surface area contributed by atoms with Crippen molar-refractivity contribution in [3.05, 3.63) is 54.4 Å². The number of rotatable bonds is 3. The topological polar surface area (TPSA) is 66.7 Å². The minimum atomic E-state index is 0.292. The number of methoxy groups -OCH3 is 1. The Balaban J connectivity index is 2.29. The molecule has 1 aromatic heterocycles. The van der Waals surface area contributed by atoms with Crippen molar-refractivity contribution in [3.8, 4) is 5.75 Å². The van der Waals surface area contributed by atoms with Gasteiger partial charge in [0.1, 0.15) is 11.4 Å². The Kier molecular flexibility index (Phi) is 3.88. The van der Waals surface area contributed by atoms with Crippen LogP contribution in [0.5, 0.6) is 5.75 Å². The van der Waals surface area contributed by atoms with Gasteiger partial charge in [0, 0.05) is 6.20 Å². The Morgan fingerprint density at radius 2 is 2.00 bits per heavy atom. The smallest absolute Gasteiger partial charge is 0.176 e. The van der Waals surface area contributed by atoms with Gasteiger partial charge in [0.05, 0.1) is 12.8 Å². The number of aliphatic imine (C=N–C) groups is 1. The van der Waals surface area contributed by atoms with E-state index in [1.807, 2.05) is 6.07 Å². The Morgan fingerprint density at radius 3 is 2.56 bits per heavy atom. The van der Waals surface area contributed by atoms with Crippen LogP contribution in [-0.4, -0.2) is 23.1 Å². The average molecular weight is 243 g/mol. The number of benzene rings is 1. The highest BCUT2D eigenvalue weighted by Crippen LogP contribution is 2.18. The van der Waals surface area contributed by atoms with Crippen molar-refractivity contribution in [3.63, 3.8) is 0 Å². The SMILES string of the molecule is COc1ccc(N=C(NO)c2ccccn2)cc1. The van der Waals surface area contributed by atoms with Crippen LogP contribution in [0.4, 0.5) is 5.69 Å². The summed E-state index contributed by atoms with van der Waals surface area (Å²) >= 11 is 0. The fraction of sp³-hybridized carbons (Fsp3) is 0.0769. The highest BCUT2D eigenvalue weighted by Gasteiger charge is 2.03. The van der Waals surface area contributed by atoms with E-state index in [0.29, 0.717) is 17.2 Å². The van der Waals surface area contributed by atoms with Crippen LogP contribution < -0.4 is 10.2 Å². The Labute approximate surface area is 105 Å². The van der Waals surface area contributed by atoms with Gasteiger partial charge in [-0.05, 0) is 36.4 Å². The van der Waals surface area contributed by atoms with Gasteiger partial charge in [-0.2, -0.15) is 0 Å². The van der Waals surface area contributed by atoms with Gasteiger partial charge in [0.25, 0.3) is 0 Å². The first kappa shape index (κ1) is 12.1. The molecule has 0 amide bonds. The van der Waals surface area contributed by atoms with Gasteiger partial charge in [0.15, 0.2) is 5.84 Å². The Morgan fingerprint density at radius 1 is 1.22 bits per heavy atom. The van der Waals surface area contributed by atoms with Gasteiger partial charge in [-0.25, -0.2) is 4.99 Å². The quantitative estimate of drug-likeness (QED) is 0.492. The molecule has 5 nitrogen and oxygen atoms in total. The van der Waals surface area contributed by atoms with E-state index in [2.05, 4.69) is 15.5 Å². The molecule has 0 spiro atoms. The van der Waals surface area contributed by atoms with Gasteiger partial charge in [-0.1, -0.05) is 6.07 Å². The number of hydrogen-bond donors (Lipinski definition) is 2. The standard InChI is InChI=1S/C13H13N3O2/c1-18-11-7-5-10(6-8-11)15-13(16-17)12-4-2-3-9-14-12/h2-9,17H,1H3,(H,15,16). The number of hydroxylamine groups is 1. The maximum absolute atomic E-state index is 9.10. The van der Waals surface area contributed by atoms with E-state index < -0.39 is 0 Å². The van der Waals surface area contributed by atoms with Gasteiger partial charge in [-0.15, -0.1) is 0 Å². The summed E-state index contributed by atoms with van der Waals surface area (Å²) < 4.78 is 5.06. The second-order valence-corrected chi connectivity index (χ2v) is 3.49. The molecule has 0 unspecified atom stereocenters. The lowest BCUT2D eigenvalue weighted by atomic mass is 10.3. The molecule has 0 aliphatic heterocycles. The first-order valence-electron chi connectivity index (χ1n) is 5.38. The number of hydrogen-bond acceptors (Lipinski definition) is 4. The van der Waals surface area contributed by atoms with E-state index in [4.69, 9.17) is 9.94 Å². The van der Waals surface area contributed by atoms with Crippen LogP contribution in [0.1, 0.15) is 5.69 Å². The van der Waals surface area contributed by atoms with Gasteiger partial charge >= 0.3 is 0 Å². The normalized spacial score (nSPS) is 11.1. The molecule has 0 fully saturated rings.